The van der Waals surface area contributed by atoms with Crippen molar-refractivity contribution in [3.8, 4) is 11.5 Å². The molecule has 166 valence electrons. The van der Waals surface area contributed by atoms with Gasteiger partial charge in [-0.3, -0.25) is 14.5 Å². The molecule has 2 amide bonds. The summed E-state index contributed by atoms with van der Waals surface area (Å²) in [6.45, 7) is 1.68. The molecule has 1 aliphatic heterocycles. The van der Waals surface area contributed by atoms with Crippen molar-refractivity contribution in [2.24, 2.45) is 5.73 Å². The number of para-hydroxylation sites is 1. The van der Waals surface area contributed by atoms with Gasteiger partial charge in [-0.05, 0) is 55.7 Å². The number of nitrogens with zero attached hydrogens (tertiary/aromatic N) is 1. The molecule has 31 heavy (non-hydrogen) atoms. The Bertz CT molecular complexity index is 1000. The Balaban J connectivity index is 1.68. The van der Waals surface area contributed by atoms with Gasteiger partial charge in [0.15, 0.2) is 9.84 Å². The highest BCUT2D eigenvalue weighted by molar-refractivity contribution is 7.91. The van der Waals surface area contributed by atoms with Crippen LogP contribution in [0, 0.1) is 0 Å². The van der Waals surface area contributed by atoms with Gasteiger partial charge < -0.3 is 15.2 Å². The predicted octanol–water partition coefficient (Wildman–Crippen LogP) is 2.48. The quantitative estimate of drug-likeness (QED) is 0.694. The van der Waals surface area contributed by atoms with Gasteiger partial charge in [-0.15, -0.1) is 0 Å². The normalized spacial score (nSPS) is 17.5. The number of nitrogens with two attached hydrogens (primary N) is 1. The number of ether oxygens (including phenoxy) is 2. The smallest absolute Gasteiger partial charge is 0.249 e. The number of rotatable bonds is 7. The molecule has 2 N–H and O–H groups in total. The minimum absolute atomic E-state index is 0.0134. The molecule has 2 aromatic carbocycles. The van der Waals surface area contributed by atoms with Gasteiger partial charge in [0.2, 0.25) is 11.8 Å². The molecule has 1 unspecified atom stereocenters. The summed E-state index contributed by atoms with van der Waals surface area (Å²) in [7, 11) is -3.86. The molecule has 0 saturated carbocycles. The summed E-state index contributed by atoms with van der Waals surface area (Å²) in [6, 6.07) is 13.6. The summed E-state index contributed by atoms with van der Waals surface area (Å²) >= 11 is 0. The fraction of sp³-hybridized carbons (Fsp3) is 0.364. The van der Waals surface area contributed by atoms with Crippen molar-refractivity contribution in [1.29, 1.82) is 0 Å². The van der Waals surface area contributed by atoms with E-state index >= 15 is 0 Å². The fourth-order valence-corrected chi connectivity index (χ4v) is 4.71. The molecule has 0 spiro atoms. The van der Waals surface area contributed by atoms with Crippen molar-refractivity contribution >= 4 is 21.7 Å². The molecule has 2 aromatic rings. The number of hydrogen-bond acceptors (Lipinski definition) is 7. The number of hydrogen-bond donors (Lipinski definition) is 1. The third-order valence-electron chi connectivity index (χ3n) is 4.90. The number of imide groups is 1. The van der Waals surface area contributed by atoms with Crippen molar-refractivity contribution < 1.29 is 27.5 Å². The molecule has 1 fully saturated rings. The summed E-state index contributed by atoms with van der Waals surface area (Å²) in [6.07, 6.45) is 1.46. The molecule has 1 heterocycles. The Morgan fingerprint density at radius 1 is 1.10 bits per heavy atom. The summed E-state index contributed by atoms with van der Waals surface area (Å²) in [5, 5.41) is 0. The molecule has 0 bridgehead atoms. The molecule has 8 nitrogen and oxygen atoms in total. The third-order valence-corrected chi connectivity index (χ3v) is 6.69. The van der Waals surface area contributed by atoms with E-state index in [4.69, 9.17) is 15.2 Å². The number of amides is 2. The summed E-state index contributed by atoms with van der Waals surface area (Å²) in [5.74, 6) is -0.803. The lowest BCUT2D eigenvalue weighted by atomic mass is 10.1. The van der Waals surface area contributed by atoms with E-state index in [1.807, 2.05) is 18.2 Å². The van der Waals surface area contributed by atoms with E-state index in [-0.39, 0.29) is 4.90 Å². The maximum atomic E-state index is 12.8. The number of carbonyl (C=O) groups is 2. The molecule has 0 aliphatic carbocycles. The maximum Gasteiger partial charge on any atom is 0.249 e. The Labute approximate surface area is 181 Å². The van der Waals surface area contributed by atoms with Crippen LogP contribution in [-0.4, -0.2) is 49.8 Å². The monoisotopic (exact) mass is 446 g/mol. The van der Waals surface area contributed by atoms with Gasteiger partial charge in [0.25, 0.3) is 0 Å². The Kier molecular flexibility index (Phi) is 7.42. The zero-order valence-corrected chi connectivity index (χ0v) is 18.1. The number of carbonyl (C=O) groups excluding carboxylic acids is 2. The highest BCUT2D eigenvalue weighted by Gasteiger charge is 2.35. The summed E-state index contributed by atoms with van der Waals surface area (Å²) in [4.78, 5) is 25.7. The molecule has 0 aromatic heterocycles. The minimum atomic E-state index is -3.86. The standard InChI is InChI=1S/C22H26N2O6S/c1-16(25)24(21-9-5-6-14-29-21)22(26)20(23)15-31(27,28)19-12-10-18(11-13-19)30-17-7-3-2-4-8-17/h2-4,7-8,10-13,20-21H,5-6,9,14-15,23H2,1H3/t20-,21?/m0/s1. The van der Waals surface area contributed by atoms with Crippen LogP contribution in [0.4, 0.5) is 0 Å². The van der Waals surface area contributed by atoms with Gasteiger partial charge in [0.05, 0.1) is 16.7 Å². The second-order valence-corrected chi connectivity index (χ2v) is 9.36. The second kappa shape index (κ2) is 10.0. The highest BCUT2D eigenvalue weighted by atomic mass is 32.2. The molecule has 1 saturated heterocycles. The molecular weight excluding hydrogens is 420 g/mol. The SMILES string of the molecule is CC(=O)N(C(=O)[C@@H](N)CS(=O)(=O)c1ccc(Oc2ccccc2)cc1)C1CCCCO1. The second-order valence-electron chi connectivity index (χ2n) is 7.32. The number of benzene rings is 2. The molecule has 1 aliphatic rings. The van der Waals surface area contributed by atoms with Crippen LogP contribution in [0.5, 0.6) is 11.5 Å². The van der Waals surface area contributed by atoms with Crippen LogP contribution in [0.25, 0.3) is 0 Å². The summed E-state index contributed by atoms with van der Waals surface area (Å²) in [5.41, 5.74) is 5.92. The van der Waals surface area contributed by atoms with Gasteiger partial charge in [0.1, 0.15) is 17.7 Å². The Morgan fingerprint density at radius 2 is 1.74 bits per heavy atom. The first-order valence-electron chi connectivity index (χ1n) is 10.0. The van der Waals surface area contributed by atoms with Crippen LogP contribution in [0.15, 0.2) is 59.5 Å². The van der Waals surface area contributed by atoms with Gasteiger partial charge >= 0.3 is 0 Å². The third kappa shape index (κ3) is 5.90. The lowest BCUT2D eigenvalue weighted by Gasteiger charge is -2.33. The van der Waals surface area contributed by atoms with Crippen LogP contribution in [0.3, 0.4) is 0 Å². The van der Waals surface area contributed by atoms with Gasteiger partial charge in [-0.25, -0.2) is 8.42 Å². The van der Waals surface area contributed by atoms with E-state index in [1.165, 1.54) is 31.2 Å². The van der Waals surface area contributed by atoms with Crippen LogP contribution >= 0.6 is 0 Å². The van der Waals surface area contributed by atoms with Crippen molar-refractivity contribution in [2.75, 3.05) is 12.4 Å². The van der Waals surface area contributed by atoms with Crippen LogP contribution in [-0.2, 0) is 24.2 Å². The first kappa shape index (κ1) is 22.9. The van der Waals surface area contributed by atoms with Gasteiger partial charge in [-0.2, -0.15) is 0 Å². The van der Waals surface area contributed by atoms with E-state index in [2.05, 4.69) is 0 Å². The van der Waals surface area contributed by atoms with Gasteiger partial charge in [0, 0.05) is 13.5 Å². The van der Waals surface area contributed by atoms with Crippen LogP contribution in [0.1, 0.15) is 26.2 Å². The molecular formula is C22H26N2O6S. The Morgan fingerprint density at radius 3 is 2.32 bits per heavy atom. The lowest BCUT2D eigenvalue weighted by molar-refractivity contribution is -0.163. The predicted molar refractivity (Wildman–Crippen MR) is 114 cm³/mol. The highest BCUT2D eigenvalue weighted by Crippen LogP contribution is 2.24. The van der Waals surface area contributed by atoms with Crippen molar-refractivity contribution in [3.05, 3.63) is 54.6 Å². The van der Waals surface area contributed by atoms with Crippen LogP contribution < -0.4 is 10.5 Å². The van der Waals surface area contributed by atoms with Crippen molar-refractivity contribution in [3.63, 3.8) is 0 Å². The average molecular weight is 447 g/mol. The first-order valence-corrected chi connectivity index (χ1v) is 11.7. The van der Waals surface area contributed by atoms with E-state index < -0.39 is 39.7 Å². The topological polar surface area (TPSA) is 116 Å². The van der Waals surface area contributed by atoms with Crippen molar-refractivity contribution in [1.82, 2.24) is 4.90 Å². The largest absolute Gasteiger partial charge is 0.457 e. The first-order chi connectivity index (χ1) is 14.8. The lowest BCUT2D eigenvalue weighted by Crippen LogP contribution is -2.54. The van der Waals surface area contributed by atoms with Crippen LogP contribution in [0.2, 0.25) is 0 Å². The molecule has 9 heteroatoms. The Hall–Kier alpha value is -2.75. The zero-order valence-electron chi connectivity index (χ0n) is 17.3. The fourth-order valence-electron chi connectivity index (χ4n) is 3.35. The minimum Gasteiger partial charge on any atom is -0.457 e. The van der Waals surface area contributed by atoms with E-state index in [0.29, 0.717) is 24.5 Å². The van der Waals surface area contributed by atoms with E-state index in [1.54, 1.807) is 12.1 Å². The molecule has 2 atom stereocenters. The zero-order chi connectivity index (χ0) is 22.4. The summed E-state index contributed by atoms with van der Waals surface area (Å²) < 4.78 is 36.7. The molecule has 0 radical (unpaired) electrons. The maximum absolute atomic E-state index is 12.8. The van der Waals surface area contributed by atoms with Crippen molar-refractivity contribution in [2.45, 2.75) is 43.4 Å². The van der Waals surface area contributed by atoms with E-state index in [0.717, 1.165) is 17.7 Å². The number of sulfone groups is 1. The van der Waals surface area contributed by atoms with Gasteiger partial charge in [-0.1, -0.05) is 18.2 Å². The molecule has 3 rings (SSSR count). The average Bonchev–Trinajstić information content (AvgIpc) is 2.75. The van der Waals surface area contributed by atoms with E-state index in [9.17, 15) is 18.0 Å².